The summed E-state index contributed by atoms with van der Waals surface area (Å²) < 4.78 is 37.7. The molecule has 0 saturated carbocycles. The van der Waals surface area contributed by atoms with Gasteiger partial charge in [-0.05, 0) is 30.7 Å². The lowest BCUT2D eigenvalue weighted by Crippen LogP contribution is -2.31. The molecule has 2 aromatic carbocycles. The third-order valence-corrected chi connectivity index (χ3v) is 6.08. The van der Waals surface area contributed by atoms with Crippen LogP contribution in [0.4, 0.5) is 0 Å². The number of hydrogen-bond acceptors (Lipinski definition) is 5. The summed E-state index contributed by atoms with van der Waals surface area (Å²) in [5, 5.41) is 0. The predicted molar refractivity (Wildman–Crippen MR) is 102 cm³/mol. The van der Waals surface area contributed by atoms with E-state index < -0.39 is 16.0 Å². The fourth-order valence-electron chi connectivity index (χ4n) is 2.84. The molecule has 0 saturated heterocycles. The standard InChI is InChI=1S/C20H21NO5S/c1-3-4-13-21-14-18(15-9-6-8-12-19(15)27(21,23)24)26-20(22)16-10-5-7-11-17(16)25-2/h5-12,14H,3-4,13H2,1-2H3. The zero-order chi connectivity index (χ0) is 19.4. The van der Waals surface area contributed by atoms with Crippen molar-refractivity contribution in [3.8, 4) is 5.75 Å². The van der Waals surface area contributed by atoms with E-state index in [0.717, 1.165) is 6.42 Å². The number of hydrogen-bond donors (Lipinski definition) is 0. The maximum Gasteiger partial charge on any atom is 0.347 e. The first-order chi connectivity index (χ1) is 13.0. The van der Waals surface area contributed by atoms with Crippen LogP contribution in [0.3, 0.4) is 0 Å². The van der Waals surface area contributed by atoms with E-state index in [4.69, 9.17) is 9.47 Å². The second-order valence-corrected chi connectivity index (χ2v) is 7.91. The van der Waals surface area contributed by atoms with E-state index in [9.17, 15) is 13.2 Å². The van der Waals surface area contributed by atoms with Crippen molar-refractivity contribution in [3.63, 3.8) is 0 Å². The highest BCUT2D eigenvalue weighted by Crippen LogP contribution is 2.34. The Morgan fingerprint density at radius 1 is 1.07 bits per heavy atom. The number of unbranched alkanes of at least 4 members (excludes halogenated alkanes) is 1. The monoisotopic (exact) mass is 387 g/mol. The molecule has 0 spiro atoms. The zero-order valence-corrected chi connectivity index (χ0v) is 16.0. The molecule has 0 amide bonds. The average Bonchev–Trinajstić information content (AvgIpc) is 2.69. The van der Waals surface area contributed by atoms with E-state index >= 15 is 0 Å². The van der Waals surface area contributed by atoms with E-state index in [0.29, 0.717) is 24.3 Å². The SMILES string of the molecule is CCCCN1C=C(OC(=O)c2ccccc2OC)c2ccccc2S1(=O)=O. The third kappa shape index (κ3) is 3.68. The zero-order valence-electron chi connectivity index (χ0n) is 15.2. The Bertz CT molecular complexity index is 981. The minimum Gasteiger partial charge on any atom is -0.496 e. The van der Waals surface area contributed by atoms with Gasteiger partial charge in [0, 0.05) is 12.1 Å². The minimum atomic E-state index is -3.66. The van der Waals surface area contributed by atoms with Crippen molar-refractivity contribution in [2.24, 2.45) is 0 Å². The predicted octanol–water partition coefficient (Wildman–Crippen LogP) is 3.66. The van der Waals surface area contributed by atoms with Gasteiger partial charge in [0.05, 0.1) is 18.2 Å². The molecular weight excluding hydrogens is 366 g/mol. The number of benzene rings is 2. The molecule has 0 atom stereocenters. The van der Waals surface area contributed by atoms with E-state index in [2.05, 4.69) is 0 Å². The van der Waals surface area contributed by atoms with Crippen molar-refractivity contribution in [3.05, 3.63) is 65.9 Å². The summed E-state index contributed by atoms with van der Waals surface area (Å²) in [5.74, 6) is -0.0154. The first-order valence-corrected chi connectivity index (χ1v) is 10.1. The van der Waals surface area contributed by atoms with Gasteiger partial charge in [-0.25, -0.2) is 13.2 Å². The highest BCUT2D eigenvalue weighted by Gasteiger charge is 2.32. The van der Waals surface area contributed by atoms with Crippen molar-refractivity contribution in [1.82, 2.24) is 4.31 Å². The van der Waals surface area contributed by atoms with Gasteiger partial charge in [-0.2, -0.15) is 0 Å². The molecule has 0 aromatic heterocycles. The Morgan fingerprint density at radius 3 is 2.52 bits per heavy atom. The molecule has 0 unspecified atom stereocenters. The van der Waals surface area contributed by atoms with Gasteiger partial charge in [-0.1, -0.05) is 37.6 Å². The number of sulfonamides is 1. The van der Waals surface area contributed by atoms with Crippen LogP contribution in [0.1, 0.15) is 35.7 Å². The molecule has 3 rings (SSSR count). The number of esters is 1. The Hall–Kier alpha value is -2.80. The van der Waals surface area contributed by atoms with Crippen molar-refractivity contribution >= 4 is 21.8 Å². The van der Waals surface area contributed by atoms with Crippen LogP contribution in [0.15, 0.2) is 59.6 Å². The van der Waals surface area contributed by atoms with E-state index in [1.165, 1.54) is 23.7 Å². The maximum absolute atomic E-state index is 12.8. The van der Waals surface area contributed by atoms with Crippen LogP contribution < -0.4 is 4.74 Å². The van der Waals surface area contributed by atoms with Gasteiger partial charge in [0.2, 0.25) is 0 Å². The van der Waals surface area contributed by atoms with Crippen LogP contribution in [-0.4, -0.2) is 32.3 Å². The summed E-state index contributed by atoms with van der Waals surface area (Å²) in [6.45, 7) is 2.31. The van der Waals surface area contributed by atoms with E-state index in [-0.39, 0.29) is 16.2 Å². The van der Waals surface area contributed by atoms with Crippen LogP contribution in [0, 0.1) is 0 Å². The fraction of sp³-hybridized carbons (Fsp3) is 0.250. The van der Waals surface area contributed by atoms with Crippen LogP contribution in [0.5, 0.6) is 5.75 Å². The number of carbonyl (C=O) groups excluding carboxylic acids is 1. The third-order valence-electron chi connectivity index (χ3n) is 4.26. The fourth-order valence-corrected chi connectivity index (χ4v) is 4.39. The summed E-state index contributed by atoms with van der Waals surface area (Å²) in [6.07, 6.45) is 2.93. The van der Waals surface area contributed by atoms with Gasteiger partial charge in [0.1, 0.15) is 11.3 Å². The normalized spacial score (nSPS) is 14.9. The molecule has 1 heterocycles. The largest absolute Gasteiger partial charge is 0.496 e. The number of carbonyl (C=O) groups is 1. The summed E-state index contributed by atoms with van der Waals surface area (Å²) >= 11 is 0. The van der Waals surface area contributed by atoms with Crippen molar-refractivity contribution < 1.29 is 22.7 Å². The van der Waals surface area contributed by atoms with Gasteiger partial charge < -0.3 is 9.47 Å². The van der Waals surface area contributed by atoms with Crippen molar-refractivity contribution in [2.75, 3.05) is 13.7 Å². The highest BCUT2D eigenvalue weighted by molar-refractivity contribution is 7.89. The van der Waals surface area contributed by atoms with Crippen LogP contribution in [0.25, 0.3) is 5.76 Å². The summed E-state index contributed by atoms with van der Waals surface area (Å²) in [5.41, 5.74) is 0.639. The Labute approximate surface area is 159 Å². The van der Waals surface area contributed by atoms with Crippen molar-refractivity contribution in [1.29, 1.82) is 0 Å². The summed E-state index contributed by atoms with van der Waals surface area (Å²) in [7, 11) is -2.19. The number of para-hydroxylation sites is 1. The molecule has 6 nitrogen and oxygen atoms in total. The highest BCUT2D eigenvalue weighted by atomic mass is 32.2. The molecule has 142 valence electrons. The van der Waals surface area contributed by atoms with E-state index in [1.54, 1.807) is 42.5 Å². The molecule has 0 aliphatic carbocycles. The Morgan fingerprint density at radius 2 is 1.78 bits per heavy atom. The maximum atomic E-state index is 12.8. The lowest BCUT2D eigenvalue weighted by molar-refractivity contribution is 0.0685. The topological polar surface area (TPSA) is 72.9 Å². The smallest absolute Gasteiger partial charge is 0.347 e. The van der Waals surface area contributed by atoms with Crippen molar-refractivity contribution in [2.45, 2.75) is 24.7 Å². The van der Waals surface area contributed by atoms with Gasteiger partial charge >= 0.3 is 5.97 Å². The van der Waals surface area contributed by atoms with Gasteiger partial charge in [0.15, 0.2) is 5.76 Å². The molecular formula is C20H21NO5S. The Kier molecular flexibility index (Phi) is 5.51. The summed E-state index contributed by atoms with van der Waals surface area (Å²) in [4.78, 5) is 12.8. The number of nitrogens with zero attached hydrogens (tertiary/aromatic N) is 1. The molecule has 1 aliphatic heterocycles. The van der Waals surface area contributed by atoms with Crippen LogP contribution in [0.2, 0.25) is 0 Å². The first kappa shape index (κ1) is 19.0. The molecule has 27 heavy (non-hydrogen) atoms. The lowest BCUT2D eigenvalue weighted by Gasteiger charge is -2.27. The summed E-state index contributed by atoms with van der Waals surface area (Å²) in [6, 6.07) is 13.2. The van der Waals surface area contributed by atoms with Crippen LogP contribution in [-0.2, 0) is 14.8 Å². The molecule has 1 aliphatic rings. The number of methoxy groups -OCH3 is 1. The lowest BCUT2D eigenvalue weighted by atomic mass is 10.1. The van der Waals surface area contributed by atoms with E-state index in [1.807, 2.05) is 6.92 Å². The number of fused-ring (bicyclic) bond motifs is 1. The second kappa shape index (κ2) is 7.84. The minimum absolute atomic E-state index is 0.131. The van der Waals surface area contributed by atoms with Crippen LogP contribution >= 0.6 is 0 Å². The molecule has 0 fully saturated rings. The molecule has 0 radical (unpaired) electrons. The number of rotatable bonds is 6. The van der Waals surface area contributed by atoms with Gasteiger partial charge in [-0.3, -0.25) is 4.31 Å². The quantitative estimate of drug-likeness (QED) is 0.708. The van der Waals surface area contributed by atoms with Gasteiger partial charge in [0.25, 0.3) is 10.0 Å². The number of ether oxygens (including phenoxy) is 2. The Balaban J connectivity index is 2.00. The van der Waals surface area contributed by atoms with Gasteiger partial charge in [-0.15, -0.1) is 0 Å². The molecule has 0 bridgehead atoms. The molecule has 7 heteroatoms. The second-order valence-electron chi connectivity index (χ2n) is 6.05. The molecule has 2 aromatic rings. The average molecular weight is 387 g/mol. The molecule has 0 N–H and O–H groups in total. The first-order valence-electron chi connectivity index (χ1n) is 8.67.